The fourth-order valence-corrected chi connectivity index (χ4v) is 3.04. The second-order valence-electron chi connectivity index (χ2n) is 6.54. The van der Waals surface area contributed by atoms with Crippen LogP contribution >= 0.6 is 0 Å². The van der Waals surface area contributed by atoms with Crippen LogP contribution in [0.5, 0.6) is 5.75 Å². The van der Waals surface area contributed by atoms with Crippen molar-refractivity contribution in [3.8, 4) is 11.4 Å². The van der Waals surface area contributed by atoms with E-state index in [0.717, 1.165) is 22.6 Å². The normalized spacial score (nSPS) is 10.5. The summed E-state index contributed by atoms with van der Waals surface area (Å²) in [6.07, 6.45) is 1.63. The monoisotopic (exact) mass is 380 g/mol. The van der Waals surface area contributed by atoms with Crippen molar-refractivity contribution in [2.24, 2.45) is 0 Å². The second kappa shape index (κ2) is 8.47. The van der Waals surface area contributed by atoms with E-state index in [1.165, 1.54) is 4.57 Å². The Morgan fingerprint density at radius 3 is 2.46 bits per heavy atom. The summed E-state index contributed by atoms with van der Waals surface area (Å²) in [5.41, 5.74) is 3.76. The maximum absolute atomic E-state index is 12.3. The fourth-order valence-electron chi connectivity index (χ4n) is 3.04. The van der Waals surface area contributed by atoms with Gasteiger partial charge in [0.15, 0.2) is 0 Å². The number of aryl methyl sites for hydroxylation is 3. The van der Waals surface area contributed by atoms with Crippen molar-refractivity contribution in [2.45, 2.75) is 20.8 Å². The smallest absolute Gasteiger partial charge is 0.330 e. The Morgan fingerprint density at radius 1 is 1.07 bits per heavy atom. The van der Waals surface area contributed by atoms with Gasteiger partial charge in [0.05, 0.1) is 17.9 Å². The number of nitrogens with one attached hydrogen (secondary N) is 3. The van der Waals surface area contributed by atoms with Crippen molar-refractivity contribution in [1.29, 1.82) is 0 Å². The van der Waals surface area contributed by atoms with Gasteiger partial charge in [-0.1, -0.05) is 30.3 Å². The van der Waals surface area contributed by atoms with Gasteiger partial charge in [0.25, 0.3) is 0 Å². The van der Waals surface area contributed by atoms with E-state index in [-0.39, 0.29) is 11.7 Å². The molecule has 3 N–H and O–H groups in total. The van der Waals surface area contributed by atoms with Gasteiger partial charge < -0.3 is 20.4 Å². The molecular formula is C21H24N4O3. The van der Waals surface area contributed by atoms with Crippen LogP contribution in [0.25, 0.3) is 5.69 Å². The minimum atomic E-state index is -0.362. The van der Waals surface area contributed by atoms with E-state index in [1.807, 2.05) is 45.0 Å². The first-order valence-corrected chi connectivity index (χ1v) is 9.07. The molecule has 0 bridgehead atoms. The fraction of sp³-hybridized carbons (Fsp3) is 0.238. The van der Waals surface area contributed by atoms with Crippen LogP contribution in [0.1, 0.15) is 16.8 Å². The van der Waals surface area contributed by atoms with E-state index >= 15 is 0 Å². The van der Waals surface area contributed by atoms with Crippen LogP contribution in [-0.2, 0) is 0 Å². The number of hydrogen-bond donors (Lipinski definition) is 3. The summed E-state index contributed by atoms with van der Waals surface area (Å²) in [5.74, 6) is 0.845. The number of amides is 2. The molecule has 0 saturated heterocycles. The van der Waals surface area contributed by atoms with Crippen LogP contribution < -0.4 is 21.1 Å². The van der Waals surface area contributed by atoms with E-state index in [4.69, 9.17) is 4.74 Å². The van der Waals surface area contributed by atoms with Gasteiger partial charge in [0, 0.05) is 11.9 Å². The van der Waals surface area contributed by atoms with E-state index in [1.54, 1.807) is 24.4 Å². The van der Waals surface area contributed by atoms with E-state index in [9.17, 15) is 9.59 Å². The van der Waals surface area contributed by atoms with Gasteiger partial charge in [-0.25, -0.2) is 9.59 Å². The Hall–Kier alpha value is -3.48. The molecule has 1 aromatic heterocycles. The molecular weight excluding hydrogens is 356 g/mol. The van der Waals surface area contributed by atoms with Crippen molar-refractivity contribution in [2.75, 3.05) is 18.5 Å². The molecule has 0 spiro atoms. The number of nitrogens with zero attached hydrogens (tertiary/aromatic N) is 1. The summed E-state index contributed by atoms with van der Waals surface area (Å²) in [4.78, 5) is 27.0. The number of urea groups is 1. The van der Waals surface area contributed by atoms with Crippen LogP contribution in [0.2, 0.25) is 0 Å². The maximum Gasteiger partial charge on any atom is 0.330 e. The molecule has 0 saturated carbocycles. The number of aromatic nitrogens is 2. The highest BCUT2D eigenvalue weighted by molar-refractivity contribution is 5.91. The van der Waals surface area contributed by atoms with Crippen molar-refractivity contribution in [1.82, 2.24) is 14.9 Å². The van der Waals surface area contributed by atoms with E-state index in [2.05, 4.69) is 15.6 Å². The number of benzene rings is 2. The number of H-pyrrole nitrogens is 1. The second-order valence-corrected chi connectivity index (χ2v) is 6.54. The lowest BCUT2D eigenvalue weighted by Crippen LogP contribution is -2.33. The third-order valence-electron chi connectivity index (χ3n) is 4.40. The summed E-state index contributed by atoms with van der Waals surface area (Å²) < 4.78 is 7.30. The molecule has 0 fully saturated rings. The topological polar surface area (TPSA) is 88.2 Å². The summed E-state index contributed by atoms with van der Waals surface area (Å²) in [6, 6.07) is 12.8. The highest BCUT2D eigenvalue weighted by Gasteiger charge is 2.11. The van der Waals surface area contributed by atoms with Gasteiger partial charge in [-0.2, -0.15) is 0 Å². The Kier molecular flexibility index (Phi) is 5.84. The van der Waals surface area contributed by atoms with Crippen LogP contribution in [0.15, 0.2) is 53.5 Å². The molecule has 0 unspecified atom stereocenters. The molecule has 146 valence electrons. The number of imidazole rings is 1. The first kappa shape index (κ1) is 19.3. The van der Waals surface area contributed by atoms with Crippen molar-refractivity contribution < 1.29 is 9.53 Å². The molecule has 0 aliphatic rings. The first-order valence-electron chi connectivity index (χ1n) is 9.07. The molecule has 7 nitrogen and oxygen atoms in total. The standard InChI is InChI=1S/C21H24N4O3/c1-14-7-6-8-15(2)19(14)28-12-11-22-20(26)24-17-9-4-5-10-18(17)25-16(3)13-23-21(25)27/h4-10,13H,11-12H2,1-3H3,(H,23,27)(H2,22,24,26). The number of carbonyl (C=O) groups is 1. The molecule has 0 radical (unpaired) electrons. The van der Waals surface area contributed by atoms with Crippen molar-refractivity contribution in [3.05, 3.63) is 76.0 Å². The zero-order valence-electron chi connectivity index (χ0n) is 16.2. The average Bonchev–Trinajstić information content (AvgIpc) is 2.99. The Labute approximate surface area is 163 Å². The SMILES string of the molecule is Cc1cccc(C)c1OCCNC(=O)Nc1ccccc1-n1c(C)c[nH]c1=O. The molecule has 28 heavy (non-hydrogen) atoms. The van der Waals surface area contributed by atoms with E-state index in [0.29, 0.717) is 24.5 Å². The molecule has 2 aromatic carbocycles. The number of para-hydroxylation sites is 3. The largest absolute Gasteiger partial charge is 0.491 e. The minimum Gasteiger partial charge on any atom is -0.491 e. The number of ether oxygens (including phenoxy) is 1. The number of anilines is 1. The molecule has 0 aliphatic heterocycles. The predicted molar refractivity (Wildman–Crippen MR) is 110 cm³/mol. The molecule has 1 heterocycles. The van der Waals surface area contributed by atoms with Gasteiger partial charge >= 0.3 is 11.7 Å². The van der Waals surface area contributed by atoms with Gasteiger partial charge in [0.2, 0.25) is 0 Å². The quantitative estimate of drug-likeness (QED) is 0.574. The lowest BCUT2D eigenvalue weighted by molar-refractivity contribution is 0.247. The Morgan fingerprint density at radius 2 is 1.79 bits per heavy atom. The lowest BCUT2D eigenvalue weighted by Gasteiger charge is -2.14. The highest BCUT2D eigenvalue weighted by atomic mass is 16.5. The molecule has 0 atom stereocenters. The summed E-state index contributed by atoms with van der Waals surface area (Å²) in [7, 11) is 0. The van der Waals surface area contributed by atoms with Crippen LogP contribution in [0.3, 0.4) is 0 Å². The number of carbonyl (C=O) groups excluding carboxylic acids is 1. The van der Waals surface area contributed by atoms with Gasteiger partial charge in [0.1, 0.15) is 12.4 Å². The summed E-state index contributed by atoms with van der Waals surface area (Å²) >= 11 is 0. The maximum atomic E-state index is 12.3. The number of aromatic amines is 1. The average molecular weight is 380 g/mol. The van der Waals surface area contributed by atoms with Crippen molar-refractivity contribution >= 4 is 11.7 Å². The summed E-state index contributed by atoms with van der Waals surface area (Å²) in [6.45, 7) is 6.51. The Bertz CT molecular complexity index is 1020. The zero-order chi connectivity index (χ0) is 20.1. The summed E-state index contributed by atoms with van der Waals surface area (Å²) in [5, 5.41) is 5.57. The lowest BCUT2D eigenvalue weighted by atomic mass is 10.1. The van der Waals surface area contributed by atoms with Crippen molar-refractivity contribution in [3.63, 3.8) is 0 Å². The first-order chi connectivity index (χ1) is 13.5. The van der Waals surface area contributed by atoms with Crippen LogP contribution in [0.4, 0.5) is 10.5 Å². The Balaban J connectivity index is 1.60. The molecule has 3 rings (SSSR count). The molecule has 3 aromatic rings. The van der Waals surface area contributed by atoms with Crippen LogP contribution in [0, 0.1) is 20.8 Å². The van der Waals surface area contributed by atoms with Gasteiger partial charge in [-0.3, -0.25) is 4.57 Å². The molecule has 0 aliphatic carbocycles. The third-order valence-corrected chi connectivity index (χ3v) is 4.40. The van der Waals surface area contributed by atoms with Gasteiger partial charge in [-0.05, 0) is 44.0 Å². The third kappa shape index (κ3) is 4.25. The number of rotatable bonds is 6. The number of hydrogen-bond acceptors (Lipinski definition) is 3. The van der Waals surface area contributed by atoms with Crippen LogP contribution in [-0.4, -0.2) is 28.7 Å². The van der Waals surface area contributed by atoms with Gasteiger partial charge in [-0.15, -0.1) is 0 Å². The molecule has 7 heteroatoms. The predicted octanol–water partition coefficient (Wildman–Crippen LogP) is 3.29. The zero-order valence-corrected chi connectivity index (χ0v) is 16.2. The highest BCUT2D eigenvalue weighted by Crippen LogP contribution is 2.22. The molecule has 2 amide bonds. The minimum absolute atomic E-state index is 0.255. The van der Waals surface area contributed by atoms with E-state index < -0.39 is 0 Å².